The molecule has 26 heavy (non-hydrogen) atoms. The van der Waals surface area contributed by atoms with Gasteiger partial charge in [0.2, 0.25) is 0 Å². The first-order valence-electron chi connectivity index (χ1n) is 7.64. The number of rotatable bonds is 4. The van der Waals surface area contributed by atoms with Gasteiger partial charge in [0.05, 0.1) is 17.2 Å². The van der Waals surface area contributed by atoms with Gasteiger partial charge in [-0.05, 0) is 31.2 Å². The van der Waals surface area contributed by atoms with Gasteiger partial charge >= 0.3 is 6.03 Å². The highest BCUT2D eigenvalue weighted by Crippen LogP contribution is 2.23. The van der Waals surface area contributed by atoms with E-state index >= 15 is 0 Å². The number of imide groups is 1. The highest BCUT2D eigenvalue weighted by atomic mass is 16.6. The van der Waals surface area contributed by atoms with Crippen molar-refractivity contribution in [3.05, 3.63) is 63.7 Å². The predicted molar refractivity (Wildman–Crippen MR) is 93.1 cm³/mol. The van der Waals surface area contributed by atoms with E-state index in [1.807, 2.05) is 0 Å². The molecule has 0 radical (unpaired) electrons. The van der Waals surface area contributed by atoms with Crippen LogP contribution < -0.4 is 15.5 Å². The van der Waals surface area contributed by atoms with Crippen LogP contribution in [0.1, 0.15) is 15.9 Å². The Balaban J connectivity index is 1.83. The molecule has 0 saturated carbocycles. The Morgan fingerprint density at radius 1 is 1.23 bits per heavy atom. The van der Waals surface area contributed by atoms with E-state index < -0.39 is 22.8 Å². The van der Waals surface area contributed by atoms with Crippen molar-refractivity contribution < 1.29 is 19.3 Å². The fourth-order valence-corrected chi connectivity index (χ4v) is 2.56. The maximum Gasteiger partial charge on any atom is 0.329 e. The van der Waals surface area contributed by atoms with Crippen molar-refractivity contribution >= 4 is 34.9 Å². The number of anilines is 2. The first-order chi connectivity index (χ1) is 12.4. The van der Waals surface area contributed by atoms with E-state index in [-0.39, 0.29) is 17.8 Å². The lowest BCUT2D eigenvalue weighted by atomic mass is 10.1. The topological polar surface area (TPSA) is 122 Å². The number of urea groups is 1. The summed E-state index contributed by atoms with van der Waals surface area (Å²) < 4.78 is 0. The third kappa shape index (κ3) is 3.22. The fraction of sp³-hybridized carbons (Fsp3) is 0.118. The average molecular weight is 354 g/mol. The molecule has 2 N–H and O–H groups in total. The molecule has 0 spiro atoms. The van der Waals surface area contributed by atoms with E-state index in [4.69, 9.17) is 0 Å². The van der Waals surface area contributed by atoms with Crippen LogP contribution in [0.4, 0.5) is 21.9 Å². The standard InChI is InChI=1S/C17H14N4O5/c1-10-5-6-11(7-14(10)21(25)26)16(23)19-12-3-2-4-13(8-12)20-15(22)9-18-17(20)24/h2-8H,9H2,1H3,(H,18,24)(H,19,23). The largest absolute Gasteiger partial charge is 0.329 e. The lowest BCUT2D eigenvalue weighted by Crippen LogP contribution is -2.30. The van der Waals surface area contributed by atoms with Crippen molar-refractivity contribution in [1.29, 1.82) is 0 Å². The molecule has 0 aliphatic carbocycles. The second-order valence-electron chi connectivity index (χ2n) is 5.65. The van der Waals surface area contributed by atoms with Crippen LogP contribution >= 0.6 is 0 Å². The summed E-state index contributed by atoms with van der Waals surface area (Å²) in [5.74, 6) is -0.935. The number of carbonyl (C=O) groups excluding carboxylic acids is 3. The maximum absolute atomic E-state index is 12.4. The smallest absolute Gasteiger partial charge is 0.328 e. The number of carbonyl (C=O) groups is 3. The van der Waals surface area contributed by atoms with Gasteiger partial charge in [-0.3, -0.25) is 19.7 Å². The van der Waals surface area contributed by atoms with Crippen LogP contribution in [0, 0.1) is 17.0 Å². The van der Waals surface area contributed by atoms with E-state index in [9.17, 15) is 24.5 Å². The second-order valence-corrected chi connectivity index (χ2v) is 5.65. The Labute approximate surface area is 147 Å². The molecule has 132 valence electrons. The molecule has 1 aliphatic heterocycles. The van der Waals surface area contributed by atoms with E-state index in [1.54, 1.807) is 25.1 Å². The number of benzene rings is 2. The predicted octanol–water partition coefficient (Wildman–Crippen LogP) is 2.21. The third-order valence-corrected chi connectivity index (χ3v) is 3.87. The van der Waals surface area contributed by atoms with Gasteiger partial charge in [-0.15, -0.1) is 0 Å². The van der Waals surface area contributed by atoms with Crippen molar-refractivity contribution in [3.63, 3.8) is 0 Å². The van der Waals surface area contributed by atoms with Crippen LogP contribution in [0.15, 0.2) is 42.5 Å². The highest BCUT2D eigenvalue weighted by Gasteiger charge is 2.30. The monoisotopic (exact) mass is 354 g/mol. The van der Waals surface area contributed by atoms with Gasteiger partial charge in [0.15, 0.2) is 0 Å². The number of hydrogen-bond acceptors (Lipinski definition) is 5. The molecular weight excluding hydrogens is 340 g/mol. The van der Waals surface area contributed by atoms with Gasteiger partial charge in [-0.25, -0.2) is 9.69 Å². The Morgan fingerprint density at radius 3 is 2.65 bits per heavy atom. The van der Waals surface area contributed by atoms with E-state index in [0.29, 0.717) is 16.9 Å². The lowest BCUT2D eigenvalue weighted by molar-refractivity contribution is -0.385. The molecule has 0 unspecified atom stereocenters. The van der Waals surface area contributed by atoms with Gasteiger partial charge in [0, 0.05) is 22.9 Å². The van der Waals surface area contributed by atoms with Crippen LogP contribution in [0.2, 0.25) is 0 Å². The minimum Gasteiger partial charge on any atom is -0.328 e. The molecule has 1 aliphatic rings. The molecular formula is C17H14N4O5. The molecule has 0 aromatic heterocycles. The molecule has 1 fully saturated rings. The Kier molecular flexibility index (Phi) is 4.36. The fourth-order valence-electron chi connectivity index (χ4n) is 2.56. The minimum atomic E-state index is -0.551. The molecule has 2 aromatic carbocycles. The van der Waals surface area contributed by atoms with E-state index in [2.05, 4.69) is 10.6 Å². The van der Waals surface area contributed by atoms with Crippen molar-refractivity contribution in [3.8, 4) is 0 Å². The Hall–Kier alpha value is -3.75. The molecule has 1 heterocycles. The van der Waals surface area contributed by atoms with E-state index in [1.165, 1.54) is 24.3 Å². The summed E-state index contributed by atoms with van der Waals surface area (Å²) >= 11 is 0. The summed E-state index contributed by atoms with van der Waals surface area (Å²) in [6.45, 7) is 1.50. The van der Waals surface area contributed by atoms with Crippen LogP contribution in [0.5, 0.6) is 0 Å². The van der Waals surface area contributed by atoms with Gasteiger partial charge in [-0.2, -0.15) is 0 Å². The zero-order valence-corrected chi connectivity index (χ0v) is 13.7. The van der Waals surface area contributed by atoms with Gasteiger partial charge in [-0.1, -0.05) is 12.1 Å². The van der Waals surface area contributed by atoms with Gasteiger partial charge in [0.1, 0.15) is 0 Å². The van der Waals surface area contributed by atoms with Crippen LogP contribution in [0.3, 0.4) is 0 Å². The molecule has 3 rings (SSSR count). The van der Waals surface area contributed by atoms with E-state index in [0.717, 1.165) is 4.90 Å². The van der Waals surface area contributed by atoms with Crippen molar-refractivity contribution in [2.24, 2.45) is 0 Å². The Morgan fingerprint density at radius 2 is 2.00 bits per heavy atom. The number of nitro benzene ring substituents is 1. The normalized spacial score (nSPS) is 13.5. The van der Waals surface area contributed by atoms with Crippen LogP contribution in [0.25, 0.3) is 0 Å². The summed E-state index contributed by atoms with van der Waals surface area (Å²) in [5, 5.41) is 16.0. The number of nitrogens with one attached hydrogen (secondary N) is 2. The number of hydrogen-bond donors (Lipinski definition) is 2. The van der Waals surface area contributed by atoms with Gasteiger partial charge < -0.3 is 10.6 Å². The Bertz CT molecular complexity index is 925. The molecule has 4 amide bonds. The second kappa shape index (κ2) is 6.63. The van der Waals surface area contributed by atoms with Crippen molar-refractivity contribution in [2.45, 2.75) is 6.92 Å². The minimum absolute atomic E-state index is 0.0809. The summed E-state index contributed by atoms with van der Waals surface area (Å²) in [7, 11) is 0. The molecule has 2 aromatic rings. The summed E-state index contributed by atoms with van der Waals surface area (Å²) in [5.41, 5.74) is 1.10. The number of aryl methyl sites for hydroxylation is 1. The quantitative estimate of drug-likeness (QED) is 0.495. The molecule has 9 nitrogen and oxygen atoms in total. The average Bonchev–Trinajstić information content (AvgIpc) is 2.93. The lowest BCUT2D eigenvalue weighted by Gasteiger charge is -2.14. The zero-order chi connectivity index (χ0) is 18.8. The first kappa shape index (κ1) is 17.1. The molecule has 0 bridgehead atoms. The van der Waals surface area contributed by atoms with Gasteiger partial charge in [0.25, 0.3) is 17.5 Å². The van der Waals surface area contributed by atoms with Crippen molar-refractivity contribution in [1.82, 2.24) is 5.32 Å². The van der Waals surface area contributed by atoms with Crippen molar-refractivity contribution in [2.75, 3.05) is 16.8 Å². The molecule has 9 heteroatoms. The summed E-state index contributed by atoms with van der Waals surface area (Å²) in [6, 6.07) is 9.86. The highest BCUT2D eigenvalue weighted by molar-refractivity contribution is 6.20. The third-order valence-electron chi connectivity index (χ3n) is 3.87. The number of nitro groups is 1. The first-order valence-corrected chi connectivity index (χ1v) is 7.64. The summed E-state index contributed by atoms with van der Waals surface area (Å²) in [6.07, 6.45) is 0. The zero-order valence-electron chi connectivity index (χ0n) is 13.7. The molecule has 1 saturated heterocycles. The number of nitrogens with zero attached hydrogens (tertiary/aromatic N) is 2. The van der Waals surface area contributed by atoms with Crippen LogP contribution in [-0.2, 0) is 4.79 Å². The maximum atomic E-state index is 12.4. The number of amides is 4. The SMILES string of the molecule is Cc1ccc(C(=O)Nc2cccc(N3C(=O)CNC3=O)c2)cc1[N+](=O)[O-]. The molecule has 0 atom stereocenters. The summed E-state index contributed by atoms with van der Waals surface area (Å²) in [4.78, 5) is 47.3. The van der Waals surface area contributed by atoms with Crippen LogP contribution in [-0.4, -0.2) is 29.3 Å².